The van der Waals surface area contributed by atoms with Crippen LogP contribution in [-0.4, -0.2) is 13.0 Å². The van der Waals surface area contributed by atoms with E-state index in [1.54, 1.807) is 36.2 Å². The number of anilines is 1. The largest absolute Gasteiger partial charge is 0.326 e. The zero-order chi connectivity index (χ0) is 13.8. The van der Waals surface area contributed by atoms with Gasteiger partial charge in [-0.25, -0.2) is 0 Å². The molecule has 1 amide bonds. The van der Waals surface area contributed by atoms with Crippen molar-refractivity contribution in [2.24, 2.45) is 5.73 Å². The number of hydrogen-bond acceptors (Lipinski definition) is 2. The van der Waals surface area contributed by atoms with Crippen LogP contribution in [0.1, 0.15) is 15.9 Å². The summed E-state index contributed by atoms with van der Waals surface area (Å²) in [5.74, 6) is -0.0721. The minimum Gasteiger partial charge on any atom is -0.326 e. The molecule has 0 heterocycles. The Kier molecular flexibility index (Phi) is 4.20. The maximum atomic E-state index is 12.3. The predicted octanol–water partition coefficient (Wildman–Crippen LogP) is 3.08. The summed E-state index contributed by atoms with van der Waals surface area (Å²) in [6.07, 6.45) is 0. The molecule has 2 aromatic rings. The Labute approximate surface area is 117 Å². The van der Waals surface area contributed by atoms with Gasteiger partial charge in [0.1, 0.15) is 0 Å². The lowest BCUT2D eigenvalue weighted by atomic mass is 10.1. The maximum Gasteiger partial charge on any atom is 0.258 e. The summed E-state index contributed by atoms with van der Waals surface area (Å²) in [5, 5.41) is 0.617. The molecule has 0 aliphatic rings. The van der Waals surface area contributed by atoms with Crippen LogP contribution >= 0.6 is 11.6 Å². The van der Waals surface area contributed by atoms with Crippen LogP contribution in [-0.2, 0) is 6.54 Å². The van der Waals surface area contributed by atoms with Gasteiger partial charge in [0, 0.05) is 29.9 Å². The molecule has 2 N–H and O–H groups in total. The van der Waals surface area contributed by atoms with Crippen LogP contribution in [0.15, 0.2) is 48.5 Å². The summed E-state index contributed by atoms with van der Waals surface area (Å²) in [6.45, 7) is 0.495. The Hall–Kier alpha value is -1.84. The van der Waals surface area contributed by atoms with Crippen molar-refractivity contribution < 1.29 is 4.79 Å². The smallest absolute Gasteiger partial charge is 0.258 e. The number of hydrogen-bond donors (Lipinski definition) is 1. The van der Waals surface area contributed by atoms with Gasteiger partial charge in [0.25, 0.3) is 5.91 Å². The molecule has 2 aromatic carbocycles. The lowest BCUT2D eigenvalue weighted by molar-refractivity contribution is 0.0993. The fourth-order valence-corrected chi connectivity index (χ4v) is 1.88. The summed E-state index contributed by atoms with van der Waals surface area (Å²) in [4.78, 5) is 13.9. The van der Waals surface area contributed by atoms with E-state index in [4.69, 9.17) is 17.3 Å². The van der Waals surface area contributed by atoms with Crippen molar-refractivity contribution in [1.29, 1.82) is 0 Å². The van der Waals surface area contributed by atoms with E-state index in [2.05, 4.69) is 0 Å². The number of nitrogens with zero attached hydrogens (tertiary/aromatic N) is 1. The molecule has 0 unspecified atom stereocenters. The summed E-state index contributed by atoms with van der Waals surface area (Å²) in [7, 11) is 1.74. The van der Waals surface area contributed by atoms with Crippen LogP contribution in [0.3, 0.4) is 0 Å². The van der Waals surface area contributed by atoms with E-state index in [-0.39, 0.29) is 5.91 Å². The van der Waals surface area contributed by atoms with Crippen LogP contribution in [0.2, 0.25) is 5.02 Å². The van der Waals surface area contributed by atoms with Gasteiger partial charge in [0.15, 0.2) is 0 Å². The predicted molar refractivity (Wildman–Crippen MR) is 78.5 cm³/mol. The van der Waals surface area contributed by atoms with Gasteiger partial charge in [0.2, 0.25) is 0 Å². The number of carbonyl (C=O) groups excluding carboxylic acids is 1. The van der Waals surface area contributed by atoms with Crippen LogP contribution in [0.4, 0.5) is 5.69 Å². The van der Waals surface area contributed by atoms with Gasteiger partial charge in [0.05, 0.1) is 0 Å². The molecule has 0 saturated heterocycles. The van der Waals surface area contributed by atoms with Crippen LogP contribution in [0.25, 0.3) is 0 Å². The first-order chi connectivity index (χ1) is 9.11. The molecule has 0 fully saturated rings. The highest BCUT2D eigenvalue weighted by atomic mass is 35.5. The Morgan fingerprint density at radius 1 is 1.11 bits per heavy atom. The average molecular weight is 275 g/mol. The van der Waals surface area contributed by atoms with Gasteiger partial charge in [-0.2, -0.15) is 0 Å². The topological polar surface area (TPSA) is 46.3 Å². The second-order valence-corrected chi connectivity index (χ2v) is 4.68. The molecule has 98 valence electrons. The fraction of sp³-hybridized carbons (Fsp3) is 0.133. The Morgan fingerprint density at radius 3 is 2.21 bits per heavy atom. The van der Waals surface area contributed by atoms with Gasteiger partial charge in [-0.05, 0) is 42.0 Å². The Morgan fingerprint density at radius 2 is 1.68 bits per heavy atom. The summed E-state index contributed by atoms with van der Waals surface area (Å²) < 4.78 is 0. The first-order valence-corrected chi connectivity index (χ1v) is 6.32. The molecule has 19 heavy (non-hydrogen) atoms. The highest BCUT2D eigenvalue weighted by Crippen LogP contribution is 2.17. The van der Waals surface area contributed by atoms with Crippen LogP contribution < -0.4 is 10.6 Å². The van der Waals surface area contributed by atoms with Crippen molar-refractivity contribution >= 4 is 23.2 Å². The van der Waals surface area contributed by atoms with Gasteiger partial charge < -0.3 is 10.6 Å². The van der Waals surface area contributed by atoms with Crippen molar-refractivity contribution in [2.45, 2.75) is 6.54 Å². The minimum atomic E-state index is -0.0721. The first-order valence-electron chi connectivity index (χ1n) is 5.94. The van der Waals surface area contributed by atoms with E-state index in [0.717, 1.165) is 11.3 Å². The van der Waals surface area contributed by atoms with Gasteiger partial charge in [-0.15, -0.1) is 0 Å². The molecule has 0 saturated carbocycles. The van der Waals surface area contributed by atoms with Crippen molar-refractivity contribution in [3.63, 3.8) is 0 Å². The first kappa shape index (κ1) is 13.6. The summed E-state index contributed by atoms with van der Waals surface area (Å²) in [5.41, 5.74) is 8.02. The number of rotatable bonds is 3. The number of benzene rings is 2. The van der Waals surface area contributed by atoms with E-state index in [1.807, 2.05) is 24.3 Å². The molecule has 0 atom stereocenters. The zero-order valence-corrected chi connectivity index (χ0v) is 11.4. The third kappa shape index (κ3) is 3.13. The molecule has 4 heteroatoms. The van der Waals surface area contributed by atoms with E-state index in [9.17, 15) is 4.79 Å². The molecule has 2 rings (SSSR count). The van der Waals surface area contributed by atoms with Crippen molar-refractivity contribution in [3.8, 4) is 0 Å². The van der Waals surface area contributed by atoms with Gasteiger partial charge in [-0.1, -0.05) is 23.7 Å². The third-order valence-electron chi connectivity index (χ3n) is 2.96. The number of halogens is 1. The molecule has 0 aliphatic carbocycles. The normalized spacial score (nSPS) is 10.3. The van der Waals surface area contributed by atoms with Crippen molar-refractivity contribution in [3.05, 3.63) is 64.7 Å². The number of nitrogens with two attached hydrogens (primary N) is 1. The standard InChI is InChI=1S/C15H15ClN2O/c1-18(14-8-2-11(10-17)3-9-14)15(19)12-4-6-13(16)7-5-12/h2-9H,10,17H2,1H3. The Balaban J connectivity index is 2.20. The maximum absolute atomic E-state index is 12.3. The quantitative estimate of drug-likeness (QED) is 0.935. The monoisotopic (exact) mass is 274 g/mol. The second kappa shape index (κ2) is 5.87. The van der Waals surface area contributed by atoms with E-state index < -0.39 is 0 Å². The lowest BCUT2D eigenvalue weighted by Gasteiger charge is -2.17. The third-order valence-corrected chi connectivity index (χ3v) is 3.21. The second-order valence-electron chi connectivity index (χ2n) is 4.24. The number of carbonyl (C=O) groups is 1. The zero-order valence-electron chi connectivity index (χ0n) is 10.6. The molecule has 0 aliphatic heterocycles. The van der Waals surface area contributed by atoms with E-state index in [1.165, 1.54) is 0 Å². The highest BCUT2D eigenvalue weighted by Gasteiger charge is 2.13. The van der Waals surface area contributed by atoms with E-state index >= 15 is 0 Å². The van der Waals surface area contributed by atoms with Gasteiger partial charge >= 0.3 is 0 Å². The molecule has 0 radical (unpaired) electrons. The van der Waals surface area contributed by atoms with Gasteiger partial charge in [-0.3, -0.25) is 4.79 Å². The molecule has 0 bridgehead atoms. The average Bonchev–Trinajstić information content (AvgIpc) is 2.46. The lowest BCUT2D eigenvalue weighted by Crippen LogP contribution is -2.26. The minimum absolute atomic E-state index is 0.0721. The van der Waals surface area contributed by atoms with Crippen LogP contribution in [0, 0.1) is 0 Å². The molecule has 0 spiro atoms. The molecular weight excluding hydrogens is 260 g/mol. The summed E-state index contributed by atoms with van der Waals surface area (Å²) >= 11 is 5.81. The van der Waals surface area contributed by atoms with E-state index in [0.29, 0.717) is 17.1 Å². The van der Waals surface area contributed by atoms with Crippen LogP contribution in [0.5, 0.6) is 0 Å². The fourth-order valence-electron chi connectivity index (χ4n) is 1.76. The number of amides is 1. The highest BCUT2D eigenvalue weighted by molar-refractivity contribution is 6.30. The molecule has 3 nitrogen and oxygen atoms in total. The summed E-state index contributed by atoms with van der Waals surface area (Å²) in [6, 6.07) is 14.5. The SMILES string of the molecule is CN(C(=O)c1ccc(Cl)cc1)c1ccc(CN)cc1. The molecule has 0 aromatic heterocycles. The van der Waals surface area contributed by atoms with Crippen molar-refractivity contribution in [2.75, 3.05) is 11.9 Å². The molecular formula is C15H15ClN2O. The van der Waals surface area contributed by atoms with Crippen molar-refractivity contribution in [1.82, 2.24) is 0 Å². The Bertz CT molecular complexity index is 564.